The fraction of sp³-hybridized carbons (Fsp3) is 0.737. The van der Waals surface area contributed by atoms with E-state index < -0.39 is 18.1 Å². The van der Waals surface area contributed by atoms with Gasteiger partial charge in [0.25, 0.3) is 11.4 Å². The second kappa shape index (κ2) is 8.09. The standard InChI is InChI=1S/C19H30ClN3O4/c1-7-27-17-16(15(20)18(26)23(22-17)9-14(24)25)21-13-8-10(2)19(5,6)12(4)11(13)3/h10-13,21H,7-9H2,1-6H3,(H,24,25)/t10-,11+,12+,13+/m0/s1. The van der Waals surface area contributed by atoms with Crippen molar-refractivity contribution in [2.75, 3.05) is 11.9 Å². The van der Waals surface area contributed by atoms with Crippen LogP contribution in [0.3, 0.4) is 0 Å². The molecule has 0 bridgehead atoms. The van der Waals surface area contributed by atoms with Gasteiger partial charge in [-0.1, -0.05) is 46.2 Å². The molecule has 0 radical (unpaired) electrons. The number of nitrogens with zero attached hydrogens (tertiary/aromatic N) is 2. The van der Waals surface area contributed by atoms with Gasteiger partial charge in [-0.05, 0) is 36.5 Å². The third-order valence-electron chi connectivity index (χ3n) is 6.44. The number of hydrogen-bond acceptors (Lipinski definition) is 5. The summed E-state index contributed by atoms with van der Waals surface area (Å²) in [5.74, 6) is 0.280. The summed E-state index contributed by atoms with van der Waals surface area (Å²) < 4.78 is 6.37. The summed E-state index contributed by atoms with van der Waals surface area (Å²) in [6, 6.07) is 0.108. The zero-order valence-electron chi connectivity index (χ0n) is 16.9. The minimum absolute atomic E-state index is 0.0907. The molecular formula is C19H30ClN3O4. The van der Waals surface area contributed by atoms with Crippen LogP contribution in [0.4, 0.5) is 5.69 Å². The molecule has 27 heavy (non-hydrogen) atoms. The predicted octanol–water partition coefficient (Wildman–Crippen LogP) is 3.50. The van der Waals surface area contributed by atoms with Crippen LogP contribution in [0.1, 0.15) is 48.0 Å². The number of ether oxygens (including phenoxy) is 1. The number of hydrogen-bond donors (Lipinski definition) is 2. The van der Waals surface area contributed by atoms with Crippen LogP contribution < -0.4 is 15.6 Å². The van der Waals surface area contributed by atoms with Crippen molar-refractivity contribution in [2.24, 2.45) is 23.2 Å². The Morgan fingerprint density at radius 3 is 2.59 bits per heavy atom. The van der Waals surface area contributed by atoms with E-state index in [1.165, 1.54) is 0 Å². The Morgan fingerprint density at radius 2 is 2.04 bits per heavy atom. The molecule has 1 aliphatic rings. The summed E-state index contributed by atoms with van der Waals surface area (Å²) in [4.78, 5) is 23.4. The molecule has 1 aromatic rings. The van der Waals surface area contributed by atoms with Gasteiger partial charge in [-0.25, -0.2) is 4.68 Å². The van der Waals surface area contributed by atoms with Crippen molar-refractivity contribution in [3.63, 3.8) is 0 Å². The van der Waals surface area contributed by atoms with Crippen LogP contribution in [-0.4, -0.2) is 33.5 Å². The molecule has 1 heterocycles. The highest BCUT2D eigenvalue weighted by Crippen LogP contribution is 2.48. The zero-order valence-corrected chi connectivity index (χ0v) is 17.6. The van der Waals surface area contributed by atoms with Gasteiger partial charge in [-0.15, -0.1) is 5.10 Å². The molecule has 0 unspecified atom stereocenters. The molecule has 8 heteroatoms. The lowest BCUT2D eigenvalue weighted by molar-refractivity contribution is -0.138. The number of aliphatic carboxylic acids is 1. The number of carboxylic acid groups (broad SMARTS) is 1. The lowest BCUT2D eigenvalue weighted by Gasteiger charge is -2.50. The Hall–Kier alpha value is -1.76. The van der Waals surface area contributed by atoms with E-state index in [1.807, 2.05) is 0 Å². The van der Waals surface area contributed by atoms with E-state index in [4.69, 9.17) is 21.4 Å². The number of aromatic nitrogens is 2. The average molecular weight is 400 g/mol. The predicted molar refractivity (Wildman–Crippen MR) is 106 cm³/mol. The number of carbonyl (C=O) groups is 1. The van der Waals surface area contributed by atoms with Crippen molar-refractivity contribution in [1.29, 1.82) is 0 Å². The van der Waals surface area contributed by atoms with E-state index in [2.05, 4.69) is 45.0 Å². The highest BCUT2D eigenvalue weighted by Gasteiger charge is 2.44. The van der Waals surface area contributed by atoms with E-state index in [-0.39, 0.29) is 22.4 Å². The van der Waals surface area contributed by atoms with Gasteiger partial charge in [-0.2, -0.15) is 0 Å². The molecule has 152 valence electrons. The molecule has 0 aliphatic heterocycles. The second-order valence-corrected chi connectivity index (χ2v) is 8.52. The monoisotopic (exact) mass is 399 g/mol. The molecule has 1 aromatic heterocycles. The molecule has 2 N–H and O–H groups in total. The Bertz CT molecular complexity index is 762. The molecule has 4 atom stereocenters. The Kier molecular flexibility index (Phi) is 6.45. The first-order valence-electron chi connectivity index (χ1n) is 9.42. The van der Waals surface area contributed by atoms with Gasteiger partial charge >= 0.3 is 5.97 Å². The first kappa shape index (κ1) is 21.5. The van der Waals surface area contributed by atoms with Crippen LogP contribution in [0.15, 0.2) is 4.79 Å². The Morgan fingerprint density at radius 1 is 1.41 bits per heavy atom. The lowest BCUT2D eigenvalue weighted by Crippen LogP contribution is -2.48. The highest BCUT2D eigenvalue weighted by atomic mass is 35.5. The van der Waals surface area contributed by atoms with Gasteiger partial charge in [0, 0.05) is 6.04 Å². The molecule has 1 fully saturated rings. The van der Waals surface area contributed by atoms with Crippen molar-refractivity contribution in [1.82, 2.24) is 9.78 Å². The fourth-order valence-electron chi connectivity index (χ4n) is 3.87. The third-order valence-corrected chi connectivity index (χ3v) is 6.79. The van der Waals surface area contributed by atoms with Crippen LogP contribution in [0.2, 0.25) is 5.02 Å². The van der Waals surface area contributed by atoms with E-state index in [1.54, 1.807) is 6.92 Å². The lowest BCUT2D eigenvalue weighted by atomic mass is 9.58. The maximum Gasteiger partial charge on any atom is 0.325 e. The number of carboxylic acids is 1. The van der Waals surface area contributed by atoms with E-state index >= 15 is 0 Å². The van der Waals surface area contributed by atoms with E-state index in [0.717, 1.165) is 11.1 Å². The molecule has 2 rings (SSSR count). The minimum atomic E-state index is -1.17. The van der Waals surface area contributed by atoms with E-state index in [0.29, 0.717) is 30.0 Å². The van der Waals surface area contributed by atoms with Crippen molar-refractivity contribution < 1.29 is 14.6 Å². The molecule has 1 aliphatic carbocycles. The van der Waals surface area contributed by atoms with Crippen LogP contribution in [0.5, 0.6) is 5.88 Å². The summed E-state index contributed by atoms with van der Waals surface area (Å²) in [6.45, 7) is 12.8. The van der Waals surface area contributed by atoms with Crippen molar-refractivity contribution in [3.8, 4) is 5.88 Å². The summed E-state index contributed by atoms with van der Waals surface area (Å²) >= 11 is 6.31. The topological polar surface area (TPSA) is 93.5 Å². The normalized spacial score (nSPS) is 27.2. The maximum atomic E-state index is 12.4. The summed E-state index contributed by atoms with van der Waals surface area (Å²) in [5.41, 5.74) is -0.0798. The quantitative estimate of drug-likeness (QED) is 0.760. The summed E-state index contributed by atoms with van der Waals surface area (Å²) in [7, 11) is 0. The molecule has 1 saturated carbocycles. The van der Waals surface area contributed by atoms with Crippen LogP contribution in [-0.2, 0) is 11.3 Å². The molecule has 7 nitrogen and oxygen atoms in total. The molecule has 0 saturated heterocycles. The number of halogens is 1. The average Bonchev–Trinajstić information content (AvgIpc) is 2.58. The summed E-state index contributed by atoms with van der Waals surface area (Å²) in [6.07, 6.45) is 0.929. The van der Waals surface area contributed by atoms with Gasteiger partial charge in [-0.3, -0.25) is 9.59 Å². The van der Waals surface area contributed by atoms with Crippen molar-refractivity contribution >= 4 is 23.3 Å². The van der Waals surface area contributed by atoms with Crippen LogP contribution >= 0.6 is 11.6 Å². The molecule has 0 aromatic carbocycles. The highest BCUT2D eigenvalue weighted by molar-refractivity contribution is 6.33. The van der Waals surface area contributed by atoms with Gasteiger partial charge in [0.1, 0.15) is 17.3 Å². The van der Waals surface area contributed by atoms with Gasteiger partial charge in [0.2, 0.25) is 0 Å². The first-order valence-corrected chi connectivity index (χ1v) is 9.80. The van der Waals surface area contributed by atoms with Gasteiger partial charge in [0.05, 0.1) is 6.61 Å². The Balaban J connectivity index is 2.42. The number of rotatable bonds is 6. The molecule has 0 amide bonds. The SMILES string of the molecule is CCOc1nn(CC(=O)O)c(=O)c(Cl)c1N[C@@H]1C[C@H](C)C(C)(C)[C@H](C)[C@H]1C. The minimum Gasteiger partial charge on any atom is -0.480 e. The van der Waals surface area contributed by atoms with Crippen LogP contribution in [0.25, 0.3) is 0 Å². The summed E-state index contributed by atoms with van der Waals surface area (Å²) in [5, 5.41) is 16.4. The third kappa shape index (κ3) is 4.23. The Labute approximate surface area is 165 Å². The largest absolute Gasteiger partial charge is 0.480 e. The van der Waals surface area contributed by atoms with Gasteiger partial charge in [0.15, 0.2) is 0 Å². The van der Waals surface area contributed by atoms with Crippen LogP contribution in [0, 0.1) is 23.2 Å². The zero-order chi connectivity index (χ0) is 20.5. The second-order valence-electron chi connectivity index (χ2n) is 8.14. The number of anilines is 1. The van der Waals surface area contributed by atoms with Crippen molar-refractivity contribution in [3.05, 3.63) is 15.4 Å². The molecular weight excluding hydrogens is 370 g/mol. The maximum absolute atomic E-state index is 12.4. The van der Waals surface area contributed by atoms with Gasteiger partial charge < -0.3 is 15.2 Å². The fourth-order valence-corrected chi connectivity index (χ4v) is 4.10. The smallest absolute Gasteiger partial charge is 0.325 e. The first-order chi connectivity index (χ1) is 12.5. The van der Waals surface area contributed by atoms with Crippen molar-refractivity contribution in [2.45, 2.75) is 60.5 Å². The molecule has 0 spiro atoms. The number of nitrogens with one attached hydrogen (secondary N) is 1. The van der Waals surface area contributed by atoms with E-state index in [9.17, 15) is 9.59 Å².